The summed E-state index contributed by atoms with van der Waals surface area (Å²) in [6, 6.07) is 3.17. The van der Waals surface area contributed by atoms with Crippen LogP contribution in [-0.2, 0) is 9.53 Å². The number of esters is 1. The van der Waals surface area contributed by atoms with Gasteiger partial charge in [-0.25, -0.2) is 0 Å². The molecule has 4 N–H and O–H groups in total. The highest BCUT2D eigenvalue weighted by atomic mass is 79.9. The molecule has 0 unspecified atom stereocenters. The molecular weight excluding hydrogens is 387 g/mol. The molecule has 0 aliphatic carbocycles. The molecule has 1 aromatic carbocycles. The Bertz CT molecular complexity index is 430. The number of hydrogen-bond acceptors (Lipinski definition) is 4. The number of nitrogens with two attached hydrogens (primary N) is 2. The maximum atomic E-state index is 11.3. The molecule has 0 heterocycles. The summed E-state index contributed by atoms with van der Waals surface area (Å²) < 4.78 is 6.46. The van der Waals surface area contributed by atoms with Crippen LogP contribution in [0.3, 0.4) is 0 Å². The number of nitrogen functional groups attached to an aromatic ring is 1. The van der Waals surface area contributed by atoms with Gasteiger partial charge in [0.05, 0.1) is 18.7 Å². The first-order valence-electron chi connectivity index (χ1n) is 5.11. The average molecular weight is 403 g/mol. The molecule has 0 bridgehead atoms. The van der Waals surface area contributed by atoms with Gasteiger partial charge in [0.15, 0.2) is 0 Å². The quantitative estimate of drug-likeness (QED) is 0.599. The van der Waals surface area contributed by atoms with Crippen molar-refractivity contribution in [3.05, 3.63) is 26.6 Å². The predicted molar refractivity (Wildman–Crippen MR) is 81.7 cm³/mol. The molecule has 0 saturated heterocycles. The smallest absolute Gasteiger partial charge is 0.307 e. The van der Waals surface area contributed by atoms with Gasteiger partial charge in [-0.15, -0.1) is 12.4 Å². The summed E-state index contributed by atoms with van der Waals surface area (Å²) in [6.07, 6.45) is 0.112. The molecule has 1 atom stereocenters. The number of hydrogen-bond donors (Lipinski definition) is 2. The normalized spacial score (nSPS) is 11.6. The Morgan fingerprint density at radius 1 is 1.44 bits per heavy atom. The van der Waals surface area contributed by atoms with E-state index in [2.05, 4.69) is 31.9 Å². The molecule has 4 nitrogen and oxygen atoms in total. The van der Waals surface area contributed by atoms with Crippen LogP contribution >= 0.6 is 44.3 Å². The molecule has 7 heteroatoms. The van der Waals surface area contributed by atoms with Crippen molar-refractivity contribution in [2.45, 2.75) is 19.4 Å². The van der Waals surface area contributed by atoms with E-state index >= 15 is 0 Å². The lowest BCUT2D eigenvalue weighted by molar-refractivity contribution is -0.143. The summed E-state index contributed by atoms with van der Waals surface area (Å²) >= 11 is 6.69. The lowest BCUT2D eigenvalue weighted by atomic mass is 10.0. The van der Waals surface area contributed by atoms with Gasteiger partial charge < -0.3 is 16.2 Å². The molecule has 102 valence electrons. The molecule has 0 amide bonds. The fourth-order valence-corrected chi connectivity index (χ4v) is 2.68. The molecule has 0 fully saturated rings. The highest BCUT2D eigenvalue weighted by Gasteiger charge is 2.17. The first-order valence-corrected chi connectivity index (χ1v) is 6.70. The maximum Gasteiger partial charge on any atom is 0.307 e. The zero-order chi connectivity index (χ0) is 13.0. The van der Waals surface area contributed by atoms with Crippen LogP contribution in [0.2, 0.25) is 0 Å². The third-order valence-corrected chi connectivity index (χ3v) is 3.33. The number of carbonyl (C=O) groups excluding carboxylic acids is 1. The Kier molecular flexibility index (Phi) is 7.86. The number of anilines is 1. The number of carbonyl (C=O) groups is 1. The van der Waals surface area contributed by atoms with Crippen LogP contribution in [-0.4, -0.2) is 12.6 Å². The van der Waals surface area contributed by atoms with Gasteiger partial charge in [0.2, 0.25) is 0 Å². The van der Waals surface area contributed by atoms with Crippen molar-refractivity contribution in [1.82, 2.24) is 0 Å². The fourth-order valence-electron chi connectivity index (χ4n) is 1.42. The summed E-state index contributed by atoms with van der Waals surface area (Å²) in [7, 11) is 0. The van der Waals surface area contributed by atoms with Crippen molar-refractivity contribution in [2.24, 2.45) is 5.73 Å². The van der Waals surface area contributed by atoms with E-state index in [-0.39, 0.29) is 24.8 Å². The Morgan fingerprint density at radius 3 is 2.61 bits per heavy atom. The monoisotopic (exact) mass is 400 g/mol. The van der Waals surface area contributed by atoms with Crippen LogP contribution in [0.1, 0.15) is 24.9 Å². The second-order valence-corrected chi connectivity index (χ2v) is 5.28. The maximum absolute atomic E-state index is 11.3. The van der Waals surface area contributed by atoms with E-state index in [1.165, 1.54) is 0 Å². The average Bonchev–Trinajstić information content (AvgIpc) is 2.23. The topological polar surface area (TPSA) is 78.3 Å². The molecule has 0 radical (unpaired) electrons. The molecule has 0 aliphatic rings. The van der Waals surface area contributed by atoms with E-state index < -0.39 is 6.04 Å². The standard InChI is InChI=1S/C11H14Br2N2O2.ClH/c1-2-17-10(16)5-9(14)7-3-6(12)4-8(13)11(7)15;/h3-4,9H,2,5,14-15H2,1H3;1H/t9-;/m1./s1. The number of benzene rings is 1. The fraction of sp³-hybridized carbons (Fsp3) is 0.364. The molecular formula is C11H15Br2ClN2O2. The molecule has 0 aliphatic heterocycles. The van der Waals surface area contributed by atoms with E-state index in [9.17, 15) is 4.79 Å². The van der Waals surface area contributed by atoms with Gasteiger partial charge in [0.1, 0.15) is 0 Å². The van der Waals surface area contributed by atoms with E-state index in [1.54, 1.807) is 6.92 Å². The number of halogens is 3. The summed E-state index contributed by atoms with van der Waals surface area (Å²) in [5.74, 6) is -0.324. The van der Waals surface area contributed by atoms with Crippen LogP contribution in [0.4, 0.5) is 5.69 Å². The first kappa shape index (κ1) is 17.7. The first-order chi connectivity index (χ1) is 7.95. The van der Waals surface area contributed by atoms with E-state index in [0.717, 1.165) is 14.5 Å². The molecule has 0 spiro atoms. The Morgan fingerprint density at radius 2 is 2.06 bits per heavy atom. The van der Waals surface area contributed by atoms with Crippen molar-refractivity contribution >= 4 is 55.9 Å². The van der Waals surface area contributed by atoms with Crippen molar-refractivity contribution in [2.75, 3.05) is 12.3 Å². The minimum Gasteiger partial charge on any atom is -0.466 e. The minimum atomic E-state index is -0.470. The lowest BCUT2D eigenvalue weighted by Gasteiger charge is -2.15. The molecule has 18 heavy (non-hydrogen) atoms. The van der Waals surface area contributed by atoms with Crippen LogP contribution < -0.4 is 11.5 Å². The largest absolute Gasteiger partial charge is 0.466 e. The van der Waals surface area contributed by atoms with Gasteiger partial charge in [-0.1, -0.05) is 15.9 Å². The SMILES string of the molecule is CCOC(=O)C[C@@H](N)c1cc(Br)cc(Br)c1N.Cl. The van der Waals surface area contributed by atoms with Gasteiger partial charge >= 0.3 is 5.97 Å². The van der Waals surface area contributed by atoms with E-state index in [4.69, 9.17) is 16.2 Å². The third kappa shape index (κ3) is 4.76. The zero-order valence-electron chi connectivity index (χ0n) is 9.78. The summed E-state index contributed by atoms with van der Waals surface area (Å²) in [4.78, 5) is 11.3. The third-order valence-electron chi connectivity index (χ3n) is 2.22. The van der Waals surface area contributed by atoms with Gasteiger partial charge in [0, 0.05) is 15.0 Å². The van der Waals surface area contributed by atoms with Crippen LogP contribution in [0, 0.1) is 0 Å². The van der Waals surface area contributed by atoms with Gasteiger partial charge in [-0.2, -0.15) is 0 Å². The van der Waals surface area contributed by atoms with E-state index in [0.29, 0.717) is 12.3 Å². The molecule has 0 saturated carbocycles. The summed E-state index contributed by atoms with van der Waals surface area (Å²) in [5, 5.41) is 0. The van der Waals surface area contributed by atoms with Crippen LogP contribution in [0.5, 0.6) is 0 Å². The van der Waals surface area contributed by atoms with Crippen LogP contribution in [0.15, 0.2) is 21.1 Å². The summed E-state index contributed by atoms with van der Waals surface area (Å²) in [6.45, 7) is 2.11. The Hall–Kier alpha value is -0.300. The molecule has 0 aromatic heterocycles. The van der Waals surface area contributed by atoms with Gasteiger partial charge in [0.25, 0.3) is 0 Å². The van der Waals surface area contributed by atoms with Crippen LogP contribution in [0.25, 0.3) is 0 Å². The Labute approximate surface area is 129 Å². The van der Waals surface area contributed by atoms with Crippen molar-refractivity contribution in [3.63, 3.8) is 0 Å². The second kappa shape index (κ2) is 7.99. The zero-order valence-corrected chi connectivity index (χ0v) is 13.8. The predicted octanol–water partition coefficient (Wildman–Crippen LogP) is 3.17. The molecule has 1 aromatic rings. The minimum absolute atomic E-state index is 0. The summed E-state index contributed by atoms with van der Waals surface area (Å²) in [5.41, 5.74) is 13.1. The highest BCUT2D eigenvalue weighted by molar-refractivity contribution is 9.11. The Balaban J connectivity index is 0.00000289. The van der Waals surface area contributed by atoms with Gasteiger partial charge in [-0.05, 0) is 40.5 Å². The lowest BCUT2D eigenvalue weighted by Crippen LogP contribution is -2.18. The highest BCUT2D eigenvalue weighted by Crippen LogP contribution is 2.32. The second-order valence-electron chi connectivity index (χ2n) is 3.51. The van der Waals surface area contributed by atoms with Crippen molar-refractivity contribution < 1.29 is 9.53 Å². The van der Waals surface area contributed by atoms with Crippen molar-refractivity contribution in [3.8, 4) is 0 Å². The molecule has 1 rings (SSSR count). The number of rotatable bonds is 4. The number of ether oxygens (including phenoxy) is 1. The van der Waals surface area contributed by atoms with Crippen molar-refractivity contribution in [1.29, 1.82) is 0 Å². The van der Waals surface area contributed by atoms with E-state index in [1.807, 2.05) is 12.1 Å². The van der Waals surface area contributed by atoms with Gasteiger partial charge in [-0.3, -0.25) is 4.79 Å².